The number of rotatable bonds is 5. The maximum atomic E-state index is 11.9. The topological polar surface area (TPSA) is 78.4 Å². The minimum Gasteiger partial charge on any atom is -0.388 e. The first-order valence-electron chi connectivity index (χ1n) is 6.11. The van der Waals surface area contributed by atoms with E-state index in [0.29, 0.717) is 0 Å². The van der Waals surface area contributed by atoms with E-state index in [0.717, 1.165) is 19.3 Å². The molecule has 0 saturated heterocycles. The van der Waals surface area contributed by atoms with E-state index < -0.39 is 11.6 Å². The molecule has 5 nitrogen and oxygen atoms in total. The molecule has 2 amide bonds. The van der Waals surface area contributed by atoms with Crippen molar-refractivity contribution in [2.24, 2.45) is 5.92 Å². The maximum Gasteiger partial charge on any atom is 0.242 e. The number of amides is 2. The third kappa shape index (κ3) is 4.00. The lowest BCUT2D eigenvalue weighted by atomic mass is 9.80. The van der Waals surface area contributed by atoms with Gasteiger partial charge in [-0.3, -0.25) is 9.59 Å². The summed E-state index contributed by atoms with van der Waals surface area (Å²) in [4.78, 5) is 22.9. The van der Waals surface area contributed by atoms with Crippen molar-refractivity contribution in [3.05, 3.63) is 0 Å². The summed E-state index contributed by atoms with van der Waals surface area (Å²) >= 11 is 0. The minimum atomic E-state index is -0.729. The van der Waals surface area contributed by atoms with Gasteiger partial charge in [0.05, 0.1) is 5.60 Å². The van der Waals surface area contributed by atoms with Crippen molar-refractivity contribution in [2.45, 2.75) is 51.7 Å². The molecule has 1 rings (SSSR count). The Labute approximate surface area is 102 Å². The zero-order chi connectivity index (χ0) is 13.1. The molecule has 0 aromatic heterocycles. The summed E-state index contributed by atoms with van der Waals surface area (Å²) in [6, 6.07) is -0.531. The number of carbonyl (C=O) groups is 2. The van der Waals surface area contributed by atoms with Crippen LogP contribution in [0.1, 0.15) is 40.0 Å². The Bertz CT molecular complexity index is 298. The summed E-state index contributed by atoms with van der Waals surface area (Å²) in [7, 11) is 0. The third-order valence-electron chi connectivity index (χ3n) is 3.18. The molecule has 1 aliphatic rings. The Morgan fingerprint density at radius 2 is 1.94 bits per heavy atom. The third-order valence-corrected chi connectivity index (χ3v) is 3.18. The number of aliphatic hydroxyl groups is 1. The Morgan fingerprint density at radius 1 is 1.35 bits per heavy atom. The molecule has 0 aromatic rings. The predicted octanol–water partition coefficient (Wildman–Crippen LogP) is 0.178. The lowest BCUT2D eigenvalue weighted by Crippen LogP contribution is -2.54. The lowest BCUT2D eigenvalue weighted by molar-refractivity contribution is -0.130. The normalized spacial score (nSPS) is 19.4. The maximum absolute atomic E-state index is 11.9. The first-order valence-corrected chi connectivity index (χ1v) is 6.11. The van der Waals surface area contributed by atoms with Crippen LogP contribution < -0.4 is 10.6 Å². The monoisotopic (exact) mass is 242 g/mol. The fourth-order valence-electron chi connectivity index (χ4n) is 1.88. The Balaban J connectivity index is 2.44. The van der Waals surface area contributed by atoms with E-state index >= 15 is 0 Å². The number of hydrogen-bond donors (Lipinski definition) is 3. The van der Waals surface area contributed by atoms with Crippen LogP contribution in [0.15, 0.2) is 0 Å². The molecular formula is C12H22N2O3. The summed E-state index contributed by atoms with van der Waals surface area (Å²) in [5.41, 5.74) is -0.729. The smallest absolute Gasteiger partial charge is 0.242 e. The molecule has 0 aromatic carbocycles. The summed E-state index contributed by atoms with van der Waals surface area (Å²) in [6.07, 6.45) is 2.48. The molecule has 1 unspecified atom stereocenters. The van der Waals surface area contributed by atoms with Crippen molar-refractivity contribution in [1.29, 1.82) is 0 Å². The minimum absolute atomic E-state index is 0.0231. The second-order valence-electron chi connectivity index (χ2n) is 5.22. The number of hydrogen-bond acceptors (Lipinski definition) is 3. The van der Waals surface area contributed by atoms with Gasteiger partial charge in [0.2, 0.25) is 11.8 Å². The molecule has 5 heteroatoms. The molecule has 1 saturated carbocycles. The van der Waals surface area contributed by atoms with Gasteiger partial charge in [0.15, 0.2) is 0 Å². The highest BCUT2D eigenvalue weighted by Crippen LogP contribution is 2.30. The molecule has 0 spiro atoms. The van der Waals surface area contributed by atoms with Gasteiger partial charge in [-0.05, 0) is 25.2 Å². The predicted molar refractivity (Wildman–Crippen MR) is 64.3 cm³/mol. The molecule has 0 radical (unpaired) electrons. The summed E-state index contributed by atoms with van der Waals surface area (Å²) in [6.45, 7) is 5.41. The number of carbonyl (C=O) groups excluding carboxylic acids is 2. The average molecular weight is 242 g/mol. The van der Waals surface area contributed by atoms with Crippen molar-refractivity contribution in [3.8, 4) is 0 Å². The second-order valence-corrected chi connectivity index (χ2v) is 5.22. The highest BCUT2D eigenvalue weighted by Gasteiger charge is 2.35. The van der Waals surface area contributed by atoms with E-state index in [9.17, 15) is 14.7 Å². The van der Waals surface area contributed by atoms with Gasteiger partial charge in [-0.25, -0.2) is 0 Å². The van der Waals surface area contributed by atoms with Crippen LogP contribution in [0.5, 0.6) is 0 Å². The van der Waals surface area contributed by atoms with Gasteiger partial charge in [-0.1, -0.05) is 13.8 Å². The molecule has 1 aliphatic carbocycles. The van der Waals surface area contributed by atoms with E-state index in [-0.39, 0.29) is 24.3 Å². The average Bonchev–Trinajstić information content (AvgIpc) is 2.19. The molecule has 1 atom stereocenters. The van der Waals surface area contributed by atoms with Gasteiger partial charge in [-0.2, -0.15) is 0 Å². The van der Waals surface area contributed by atoms with Crippen molar-refractivity contribution < 1.29 is 14.7 Å². The van der Waals surface area contributed by atoms with Crippen molar-refractivity contribution in [3.63, 3.8) is 0 Å². The summed E-state index contributed by atoms with van der Waals surface area (Å²) in [5.74, 6) is -0.424. The molecular weight excluding hydrogens is 220 g/mol. The molecule has 17 heavy (non-hydrogen) atoms. The highest BCUT2D eigenvalue weighted by molar-refractivity contribution is 5.87. The van der Waals surface area contributed by atoms with Crippen LogP contribution in [0.3, 0.4) is 0 Å². The van der Waals surface area contributed by atoms with Gasteiger partial charge >= 0.3 is 0 Å². The highest BCUT2D eigenvalue weighted by atomic mass is 16.3. The molecule has 0 heterocycles. The SMILES string of the molecule is CC(=O)NC(C(=O)NCC1(O)CCC1)C(C)C. The zero-order valence-corrected chi connectivity index (χ0v) is 10.7. The molecule has 98 valence electrons. The van der Waals surface area contributed by atoms with E-state index in [1.165, 1.54) is 6.92 Å². The zero-order valence-electron chi connectivity index (χ0n) is 10.7. The van der Waals surface area contributed by atoms with Crippen LogP contribution >= 0.6 is 0 Å². The van der Waals surface area contributed by atoms with Gasteiger partial charge in [0, 0.05) is 13.5 Å². The first kappa shape index (κ1) is 14.0. The van der Waals surface area contributed by atoms with Gasteiger partial charge in [0.1, 0.15) is 6.04 Å². The van der Waals surface area contributed by atoms with Crippen LogP contribution in [0.2, 0.25) is 0 Å². The van der Waals surface area contributed by atoms with Gasteiger partial charge < -0.3 is 15.7 Å². The summed E-state index contributed by atoms with van der Waals surface area (Å²) in [5, 5.41) is 15.2. The van der Waals surface area contributed by atoms with Gasteiger partial charge in [0.25, 0.3) is 0 Å². The standard InChI is InChI=1S/C12H22N2O3/c1-8(2)10(14-9(3)15)11(16)13-7-12(17)5-4-6-12/h8,10,17H,4-7H2,1-3H3,(H,13,16)(H,14,15). The van der Waals surface area contributed by atoms with Crippen LogP contribution in [-0.4, -0.2) is 35.1 Å². The fraction of sp³-hybridized carbons (Fsp3) is 0.833. The van der Waals surface area contributed by atoms with Crippen molar-refractivity contribution in [1.82, 2.24) is 10.6 Å². The molecule has 3 N–H and O–H groups in total. The Hall–Kier alpha value is -1.10. The molecule has 0 bridgehead atoms. The van der Waals surface area contributed by atoms with Crippen molar-refractivity contribution >= 4 is 11.8 Å². The lowest BCUT2D eigenvalue weighted by Gasteiger charge is -2.37. The van der Waals surface area contributed by atoms with E-state index in [2.05, 4.69) is 10.6 Å². The van der Waals surface area contributed by atoms with Crippen LogP contribution in [0, 0.1) is 5.92 Å². The van der Waals surface area contributed by atoms with E-state index in [1.807, 2.05) is 13.8 Å². The largest absolute Gasteiger partial charge is 0.388 e. The Kier molecular flexibility index (Phi) is 4.51. The van der Waals surface area contributed by atoms with E-state index in [1.54, 1.807) is 0 Å². The Morgan fingerprint density at radius 3 is 2.29 bits per heavy atom. The number of nitrogens with one attached hydrogen (secondary N) is 2. The molecule has 0 aliphatic heterocycles. The van der Waals surface area contributed by atoms with Gasteiger partial charge in [-0.15, -0.1) is 0 Å². The molecule has 1 fully saturated rings. The van der Waals surface area contributed by atoms with Crippen LogP contribution in [-0.2, 0) is 9.59 Å². The quantitative estimate of drug-likeness (QED) is 0.643. The van der Waals surface area contributed by atoms with Crippen molar-refractivity contribution in [2.75, 3.05) is 6.54 Å². The second kappa shape index (κ2) is 5.49. The summed E-state index contributed by atoms with van der Waals surface area (Å²) < 4.78 is 0. The first-order chi connectivity index (χ1) is 7.84. The fourth-order valence-corrected chi connectivity index (χ4v) is 1.88. The van der Waals surface area contributed by atoms with Crippen LogP contribution in [0.25, 0.3) is 0 Å². The van der Waals surface area contributed by atoms with E-state index in [4.69, 9.17) is 0 Å². The van der Waals surface area contributed by atoms with Crippen LogP contribution in [0.4, 0.5) is 0 Å².